The maximum atomic E-state index is 5.89. The number of piperidine rings is 1. The van der Waals surface area contributed by atoms with E-state index in [-0.39, 0.29) is 5.41 Å². The van der Waals surface area contributed by atoms with Gasteiger partial charge in [0, 0.05) is 12.0 Å². The molecule has 3 rings (SSSR count). The van der Waals surface area contributed by atoms with E-state index in [1.165, 1.54) is 24.0 Å². The molecule has 0 atom stereocenters. The largest absolute Gasteiger partial charge is 0.492 e. The molecule has 0 amide bonds. The molecular formula is C23H32N2O. The van der Waals surface area contributed by atoms with Crippen LogP contribution in [0.25, 0.3) is 0 Å². The van der Waals surface area contributed by atoms with Gasteiger partial charge in [0.1, 0.15) is 12.4 Å². The summed E-state index contributed by atoms with van der Waals surface area (Å²) in [7, 11) is 0. The predicted molar refractivity (Wildman–Crippen MR) is 109 cm³/mol. The fourth-order valence-corrected chi connectivity index (χ4v) is 3.62. The lowest BCUT2D eigenvalue weighted by molar-refractivity contribution is 0.298. The molecular weight excluding hydrogens is 320 g/mol. The Kier molecular flexibility index (Phi) is 6.70. The summed E-state index contributed by atoms with van der Waals surface area (Å²) < 4.78 is 5.89. The maximum absolute atomic E-state index is 5.89. The third kappa shape index (κ3) is 5.09. The minimum atomic E-state index is -0.00377. The zero-order valence-corrected chi connectivity index (χ0v) is 16.1. The van der Waals surface area contributed by atoms with Crippen LogP contribution in [0.2, 0.25) is 0 Å². The van der Waals surface area contributed by atoms with Crippen LogP contribution in [0, 0.1) is 5.92 Å². The fraction of sp³-hybridized carbons (Fsp3) is 0.478. The molecule has 1 saturated heterocycles. The normalized spacial score (nSPS) is 15.8. The fourth-order valence-electron chi connectivity index (χ4n) is 3.62. The third-order valence-electron chi connectivity index (χ3n) is 5.51. The van der Waals surface area contributed by atoms with Gasteiger partial charge < -0.3 is 15.4 Å². The van der Waals surface area contributed by atoms with Crippen molar-refractivity contribution in [1.29, 1.82) is 0 Å². The second kappa shape index (κ2) is 9.20. The van der Waals surface area contributed by atoms with Gasteiger partial charge in [-0.25, -0.2) is 0 Å². The summed E-state index contributed by atoms with van der Waals surface area (Å²) in [5, 5.41) is 6.94. The van der Waals surface area contributed by atoms with E-state index in [9.17, 15) is 0 Å². The lowest BCUT2D eigenvalue weighted by Crippen LogP contribution is -2.34. The van der Waals surface area contributed by atoms with Crippen LogP contribution in [0.4, 0.5) is 0 Å². The Morgan fingerprint density at radius 3 is 2.31 bits per heavy atom. The summed E-state index contributed by atoms with van der Waals surface area (Å²) in [4.78, 5) is 0. The number of rotatable bonds is 8. The number of hydrogen-bond acceptors (Lipinski definition) is 3. The Balaban J connectivity index is 1.44. The molecule has 1 aliphatic heterocycles. The van der Waals surface area contributed by atoms with Crippen LogP contribution in [-0.4, -0.2) is 32.8 Å². The van der Waals surface area contributed by atoms with Crippen LogP contribution in [0.15, 0.2) is 54.6 Å². The van der Waals surface area contributed by atoms with Gasteiger partial charge in [0.2, 0.25) is 0 Å². The second-order valence-corrected chi connectivity index (χ2v) is 7.76. The Morgan fingerprint density at radius 2 is 1.62 bits per heavy atom. The zero-order valence-electron chi connectivity index (χ0n) is 16.1. The standard InChI is InChI=1S/C23H32N2O/c1-23(2,20-6-4-3-5-7-20)21-8-10-22(11-9-21)26-17-16-25-18-19-12-14-24-15-13-19/h3-11,19,24-25H,12-18H2,1-2H3. The van der Waals surface area contributed by atoms with Gasteiger partial charge in [-0.3, -0.25) is 0 Å². The molecule has 0 radical (unpaired) electrons. The van der Waals surface area contributed by atoms with E-state index in [0.717, 1.165) is 37.8 Å². The Labute approximate surface area is 158 Å². The number of nitrogens with one attached hydrogen (secondary N) is 2. The summed E-state index contributed by atoms with van der Waals surface area (Å²) in [6.45, 7) is 9.58. The predicted octanol–water partition coefficient (Wildman–Crippen LogP) is 3.98. The molecule has 0 saturated carbocycles. The number of hydrogen-bond donors (Lipinski definition) is 2. The molecule has 0 spiro atoms. The Morgan fingerprint density at radius 1 is 0.962 bits per heavy atom. The van der Waals surface area contributed by atoms with E-state index in [2.05, 4.69) is 79.1 Å². The molecule has 2 aromatic rings. The van der Waals surface area contributed by atoms with E-state index in [1.807, 2.05) is 0 Å². The van der Waals surface area contributed by atoms with E-state index in [0.29, 0.717) is 6.61 Å². The van der Waals surface area contributed by atoms with Gasteiger partial charge in [-0.2, -0.15) is 0 Å². The molecule has 2 N–H and O–H groups in total. The minimum absolute atomic E-state index is 0.00377. The monoisotopic (exact) mass is 352 g/mol. The van der Waals surface area contributed by atoms with Gasteiger partial charge in [-0.05, 0) is 61.7 Å². The van der Waals surface area contributed by atoms with Crippen LogP contribution >= 0.6 is 0 Å². The molecule has 0 bridgehead atoms. The highest BCUT2D eigenvalue weighted by Gasteiger charge is 2.22. The van der Waals surface area contributed by atoms with Crippen LogP contribution in [0.1, 0.15) is 37.8 Å². The van der Waals surface area contributed by atoms with Crippen LogP contribution < -0.4 is 15.4 Å². The summed E-state index contributed by atoms with van der Waals surface area (Å²) in [5.74, 6) is 1.76. The molecule has 0 unspecified atom stereocenters. The second-order valence-electron chi connectivity index (χ2n) is 7.76. The van der Waals surface area contributed by atoms with Crippen molar-refractivity contribution in [3.63, 3.8) is 0 Å². The lowest BCUT2D eigenvalue weighted by atomic mass is 9.78. The molecule has 26 heavy (non-hydrogen) atoms. The quantitative estimate of drug-likeness (QED) is 0.705. The van der Waals surface area contributed by atoms with E-state index < -0.39 is 0 Å². The first-order valence-corrected chi connectivity index (χ1v) is 9.86. The van der Waals surface area contributed by atoms with Gasteiger partial charge in [-0.1, -0.05) is 56.3 Å². The number of ether oxygens (including phenoxy) is 1. The first kappa shape index (κ1) is 18.9. The molecule has 140 valence electrons. The van der Waals surface area contributed by atoms with Gasteiger partial charge >= 0.3 is 0 Å². The third-order valence-corrected chi connectivity index (χ3v) is 5.51. The average Bonchev–Trinajstić information content (AvgIpc) is 2.69. The van der Waals surface area contributed by atoms with E-state index in [1.54, 1.807) is 0 Å². The van der Waals surface area contributed by atoms with Gasteiger partial charge in [0.25, 0.3) is 0 Å². The van der Waals surface area contributed by atoms with Crippen LogP contribution in [0.3, 0.4) is 0 Å². The van der Waals surface area contributed by atoms with Gasteiger partial charge in [-0.15, -0.1) is 0 Å². The zero-order chi connectivity index (χ0) is 18.2. The van der Waals surface area contributed by atoms with E-state index >= 15 is 0 Å². The smallest absolute Gasteiger partial charge is 0.119 e. The topological polar surface area (TPSA) is 33.3 Å². The van der Waals surface area contributed by atoms with Crippen LogP contribution in [-0.2, 0) is 5.41 Å². The lowest BCUT2D eigenvalue weighted by Gasteiger charge is -2.26. The van der Waals surface area contributed by atoms with Crippen molar-refractivity contribution in [3.8, 4) is 5.75 Å². The molecule has 3 heteroatoms. The first-order valence-electron chi connectivity index (χ1n) is 9.86. The van der Waals surface area contributed by atoms with Crippen molar-refractivity contribution in [1.82, 2.24) is 10.6 Å². The minimum Gasteiger partial charge on any atom is -0.492 e. The molecule has 0 aliphatic carbocycles. The molecule has 1 fully saturated rings. The highest BCUT2D eigenvalue weighted by Crippen LogP contribution is 2.32. The summed E-state index contributed by atoms with van der Waals surface area (Å²) in [5.41, 5.74) is 2.63. The summed E-state index contributed by atoms with van der Waals surface area (Å²) >= 11 is 0. The highest BCUT2D eigenvalue weighted by atomic mass is 16.5. The maximum Gasteiger partial charge on any atom is 0.119 e. The Bertz CT molecular complexity index is 646. The van der Waals surface area contributed by atoms with Crippen molar-refractivity contribution in [2.45, 2.75) is 32.1 Å². The van der Waals surface area contributed by atoms with Crippen molar-refractivity contribution < 1.29 is 4.74 Å². The molecule has 1 heterocycles. The highest BCUT2D eigenvalue weighted by molar-refractivity contribution is 5.39. The van der Waals surface area contributed by atoms with Gasteiger partial charge in [0.15, 0.2) is 0 Å². The van der Waals surface area contributed by atoms with Crippen molar-refractivity contribution in [3.05, 3.63) is 65.7 Å². The molecule has 0 aromatic heterocycles. The number of benzene rings is 2. The molecule has 2 aromatic carbocycles. The first-order chi connectivity index (χ1) is 12.7. The molecule has 1 aliphatic rings. The van der Waals surface area contributed by atoms with Crippen molar-refractivity contribution >= 4 is 0 Å². The van der Waals surface area contributed by atoms with Crippen molar-refractivity contribution in [2.24, 2.45) is 5.92 Å². The summed E-state index contributed by atoms with van der Waals surface area (Å²) in [6.07, 6.45) is 2.57. The van der Waals surface area contributed by atoms with Crippen LogP contribution in [0.5, 0.6) is 5.75 Å². The van der Waals surface area contributed by atoms with Gasteiger partial charge in [0.05, 0.1) is 0 Å². The van der Waals surface area contributed by atoms with E-state index in [4.69, 9.17) is 4.74 Å². The SMILES string of the molecule is CC(C)(c1ccccc1)c1ccc(OCCNCC2CCNCC2)cc1. The van der Waals surface area contributed by atoms with Crippen molar-refractivity contribution in [2.75, 3.05) is 32.8 Å². The Hall–Kier alpha value is -1.84. The summed E-state index contributed by atoms with van der Waals surface area (Å²) in [6, 6.07) is 19.2. The average molecular weight is 353 g/mol. The molecule has 3 nitrogen and oxygen atoms in total.